The van der Waals surface area contributed by atoms with E-state index in [0.29, 0.717) is 12.3 Å². The minimum absolute atomic E-state index is 0.0293. The number of esters is 1. The summed E-state index contributed by atoms with van der Waals surface area (Å²) in [5.74, 6) is -0.533. The Kier molecular flexibility index (Phi) is 7.82. The second kappa shape index (κ2) is 9.34. The van der Waals surface area contributed by atoms with Crippen molar-refractivity contribution in [2.24, 2.45) is 0 Å². The first-order valence-electron chi connectivity index (χ1n) is 13.0. The maximum atomic E-state index is 13.4. The third-order valence-corrected chi connectivity index (χ3v) is 7.96. The van der Waals surface area contributed by atoms with E-state index in [-0.39, 0.29) is 34.9 Å². The van der Waals surface area contributed by atoms with Crippen molar-refractivity contribution in [2.75, 3.05) is 20.2 Å². The predicted octanol–water partition coefficient (Wildman–Crippen LogP) is 5.74. The number of amides is 1. The van der Waals surface area contributed by atoms with E-state index in [9.17, 15) is 14.7 Å². The molecule has 2 rings (SSSR count). The summed E-state index contributed by atoms with van der Waals surface area (Å²) in [5, 5.41) is 11.0. The SMILES string of the molecule is CC(C(=O)OCC(C)(C)N1CC(C)(C)N(C)C(C)(C)C1=O)c1cc(C(C)(C)C)c(O)c(C(C)(C)C)c1. The zero-order valence-corrected chi connectivity index (χ0v) is 25.2. The van der Waals surface area contributed by atoms with E-state index in [2.05, 4.69) is 60.3 Å². The van der Waals surface area contributed by atoms with E-state index in [1.807, 2.05) is 58.7 Å². The van der Waals surface area contributed by atoms with Gasteiger partial charge >= 0.3 is 5.97 Å². The number of ether oxygens (including phenoxy) is 1. The zero-order chi connectivity index (χ0) is 28.2. The van der Waals surface area contributed by atoms with E-state index >= 15 is 0 Å². The van der Waals surface area contributed by atoms with Crippen molar-refractivity contribution >= 4 is 11.9 Å². The fraction of sp³-hybridized carbons (Fsp3) is 0.733. The summed E-state index contributed by atoms with van der Waals surface area (Å²) in [6.45, 7) is 26.9. The Morgan fingerprint density at radius 2 is 1.44 bits per heavy atom. The van der Waals surface area contributed by atoms with Gasteiger partial charge in [0.05, 0.1) is 17.0 Å². The molecule has 0 aromatic heterocycles. The van der Waals surface area contributed by atoms with Gasteiger partial charge in [-0.15, -0.1) is 0 Å². The number of hydrogen-bond acceptors (Lipinski definition) is 5. The average Bonchev–Trinajstić information content (AvgIpc) is 2.71. The summed E-state index contributed by atoms with van der Waals surface area (Å²) >= 11 is 0. The molecule has 204 valence electrons. The third-order valence-electron chi connectivity index (χ3n) is 7.96. The van der Waals surface area contributed by atoms with Crippen LogP contribution in [0.5, 0.6) is 5.75 Å². The van der Waals surface area contributed by atoms with Gasteiger partial charge in [-0.2, -0.15) is 0 Å². The molecule has 0 aliphatic carbocycles. The number of nitrogens with zero attached hydrogens (tertiary/aromatic N) is 2. The molecule has 1 aliphatic heterocycles. The molecule has 1 saturated heterocycles. The highest BCUT2D eigenvalue weighted by Gasteiger charge is 2.52. The van der Waals surface area contributed by atoms with Gasteiger partial charge in [-0.1, -0.05) is 53.7 Å². The van der Waals surface area contributed by atoms with Crippen molar-refractivity contribution < 1.29 is 19.4 Å². The van der Waals surface area contributed by atoms with Gasteiger partial charge in [-0.25, -0.2) is 0 Å². The molecule has 36 heavy (non-hydrogen) atoms. The lowest BCUT2D eigenvalue weighted by atomic mass is 9.77. The van der Waals surface area contributed by atoms with E-state index in [4.69, 9.17) is 4.74 Å². The minimum atomic E-state index is -0.662. The Morgan fingerprint density at radius 1 is 1.00 bits per heavy atom. The molecule has 0 saturated carbocycles. The van der Waals surface area contributed by atoms with Crippen LogP contribution in [0.1, 0.15) is 113 Å². The molecular formula is C30H50N2O4. The zero-order valence-electron chi connectivity index (χ0n) is 25.2. The number of carbonyl (C=O) groups is 2. The van der Waals surface area contributed by atoms with E-state index in [0.717, 1.165) is 16.7 Å². The summed E-state index contributed by atoms with van der Waals surface area (Å²) in [7, 11) is 1.99. The number of rotatable bonds is 5. The quantitative estimate of drug-likeness (QED) is 0.520. The summed E-state index contributed by atoms with van der Waals surface area (Å²) in [6.07, 6.45) is 0. The Balaban J connectivity index is 2.32. The van der Waals surface area contributed by atoms with E-state index < -0.39 is 17.0 Å². The molecule has 1 heterocycles. The molecule has 1 amide bonds. The van der Waals surface area contributed by atoms with Crippen LogP contribution < -0.4 is 0 Å². The predicted molar refractivity (Wildman–Crippen MR) is 147 cm³/mol. The second-order valence-electron chi connectivity index (χ2n) is 14.4. The van der Waals surface area contributed by atoms with Crippen LogP contribution >= 0.6 is 0 Å². The van der Waals surface area contributed by atoms with E-state index in [1.165, 1.54) is 0 Å². The van der Waals surface area contributed by atoms with Crippen molar-refractivity contribution in [3.8, 4) is 5.75 Å². The molecule has 0 spiro atoms. The lowest BCUT2D eigenvalue weighted by molar-refractivity contribution is -0.171. The highest BCUT2D eigenvalue weighted by Crippen LogP contribution is 2.41. The molecule has 1 aromatic rings. The molecule has 0 radical (unpaired) electrons. The summed E-state index contributed by atoms with van der Waals surface area (Å²) in [5.41, 5.74) is 0.350. The molecule has 1 unspecified atom stereocenters. The molecule has 1 aromatic carbocycles. The highest BCUT2D eigenvalue weighted by atomic mass is 16.5. The van der Waals surface area contributed by atoms with Gasteiger partial charge in [0.1, 0.15) is 12.4 Å². The van der Waals surface area contributed by atoms with Gasteiger partial charge < -0.3 is 14.7 Å². The van der Waals surface area contributed by atoms with Gasteiger partial charge in [-0.3, -0.25) is 14.5 Å². The maximum absolute atomic E-state index is 13.4. The van der Waals surface area contributed by atoms with Crippen molar-refractivity contribution in [2.45, 2.75) is 123 Å². The Bertz CT molecular complexity index is 974. The van der Waals surface area contributed by atoms with Gasteiger partial charge in [0.2, 0.25) is 5.91 Å². The van der Waals surface area contributed by atoms with Gasteiger partial charge in [0, 0.05) is 12.1 Å². The molecule has 1 N–H and O–H groups in total. The first kappa shape index (κ1) is 30.1. The van der Waals surface area contributed by atoms with Crippen molar-refractivity contribution in [3.05, 3.63) is 28.8 Å². The number of aromatic hydroxyl groups is 1. The summed E-state index contributed by atoms with van der Waals surface area (Å²) in [6, 6.07) is 3.85. The third kappa shape index (κ3) is 5.74. The first-order chi connectivity index (χ1) is 15.9. The lowest BCUT2D eigenvalue weighted by Crippen LogP contribution is -2.73. The topological polar surface area (TPSA) is 70.1 Å². The molecular weight excluding hydrogens is 452 g/mol. The van der Waals surface area contributed by atoms with Crippen LogP contribution in [0.4, 0.5) is 0 Å². The number of likely N-dealkylation sites (N-methyl/N-ethyl adjacent to an activating group) is 1. The smallest absolute Gasteiger partial charge is 0.313 e. The number of piperazine rings is 1. The first-order valence-corrected chi connectivity index (χ1v) is 13.0. The molecule has 1 aliphatic rings. The monoisotopic (exact) mass is 502 g/mol. The molecule has 6 heteroatoms. The number of benzene rings is 1. The van der Waals surface area contributed by atoms with Gasteiger partial charge in [0.25, 0.3) is 0 Å². The molecule has 1 fully saturated rings. The molecule has 1 atom stereocenters. The number of phenolic OH excluding ortho intramolecular Hbond substituents is 1. The van der Waals surface area contributed by atoms with Crippen LogP contribution in [0.2, 0.25) is 0 Å². The fourth-order valence-electron chi connectivity index (χ4n) is 4.92. The minimum Gasteiger partial charge on any atom is -0.507 e. The number of phenols is 1. The van der Waals surface area contributed by atoms with Crippen LogP contribution in [0.3, 0.4) is 0 Å². The summed E-state index contributed by atoms with van der Waals surface area (Å²) in [4.78, 5) is 30.7. The molecule has 6 nitrogen and oxygen atoms in total. The largest absolute Gasteiger partial charge is 0.507 e. The van der Waals surface area contributed by atoms with Crippen LogP contribution in [0, 0.1) is 0 Å². The number of carbonyl (C=O) groups excluding carboxylic acids is 2. The molecule has 0 bridgehead atoms. The fourth-order valence-corrected chi connectivity index (χ4v) is 4.92. The Hall–Kier alpha value is -2.08. The van der Waals surface area contributed by atoms with Crippen LogP contribution in [-0.2, 0) is 25.2 Å². The lowest BCUT2D eigenvalue weighted by Gasteiger charge is -2.57. The van der Waals surface area contributed by atoms with Crippen LogP contribution in [0.25, 0.3) is 0 Å². The Labute approximate surface area is 219 Å². The van der Waals surface area contributed by atoms with Crippen LogP contribution in [-0.4, -0.2) is 63.6 Å². The van der Waals surface area contributed by atoms with Crippen molar-refractivity contribution in [3.63, 3.8) is 0 Å². The number of hydrogen-bond donors (Lipinski definition) is 1. The summed E-state index contributed by atoms with van der Waals surface area (Å²) < 4.78 is 5.86. The Morgan fingerprint density at radius 3 is 1.86 bits per heavy atom. The van der Waals surface area contributed by atoms with Crippen molar-refractivity contribution in [1.82, 2.24) is 9.80 Å². The van der Waals surface area contributed by atoms with Crippen molar-refractivity contribution in [1.29, 1.82) is 0 Å². The second-order valence-corrected chi connectivity index (χ2v) is 14.4. The maximum Gasteiger partial charge on any atom is 0.313 e. The standard InChI is InChI=1S/C30H50N2O4/c1-19(20-15-21(26(2,3)4)23(33)22(16-20)27(5,6)7)24(34)36-18-29(10,11)32-17-28(8,9)31(14)30(12,13)25(32)35/h15-16,19,33H,17-18H2,1-14H3. The van der Waals surface area contributed by atoms with Gasteiger partial charge in [0.15, 0.2) is 0 Å². The van der Waals surface area contributed by atoms with E-state index in [1.54, 1.807) is 0 Å². The normalized spacial score (nSPS) is 19.8. The average molecular weight is 503 g/mol. The van der Waals surface area contributed by atoms with Crippen LogP contribution in [0.15, 0.2) is 12.1 Å². The van der Waals surface area contributed by atoms with Gasteiger partial charge in [-0.05, 0) is 83.0 Å². The highest BCUT2D eigenvalue weighted by molar-refractivity contribution is 5.87.